The number of hydrogen-bond donors (Lipinski definition) is 0. The summed E-state index contributed by atoms with van der Waals surface area (Å²) in [5.41, 5.74) is 0.902. The lowest BCUT2D eigenvalue weighted by atomic mass is 10.2. The molecule has 0 aromatic carbocycles. The van der Waals surface area contributed by atoms with Gasteiger partial charge in [-0.05, 0) is 18.6 Å². The molecule has 2 aromatic heterocycles. The molecule has 2 rings (SSSR count). The van der Waals surface area contributed by atoms with E-state index in [4.69, 9.17) is 0 Å². The number of thiophene rings is 1. The fraction of sp³-hybridized carbons (Fsp3) is 0.231. The van der Waals surface area contributed by atoms with Crippen LogP contribution in [0.5, 0.6) is 0 Å². The minimum Gasteiger partial charge on any atom is -0.337 e. The Hall–Kier alpha value is -2.28. The van der Waals surface area contributed by atoms with Crippen LogP contribution < -0.4 is 0 Å². The van der Waals surface area contributed by atoms with Crippen LogP contribution in [-0.4, -0.2) is 27.8 Å². The van der Waals surface area contributed by atoms with Gasteiger partial charge in [-0.3, -0.25) is 19.9 Å². The Morgan fingerprint density at radius 1 is 1.55 bits per heavy atom. The molecule has 0 radical (unpaired) electrons. The number of hydrogen-bond acceptors (Lipinski definition) is 5. The molecule has 0 atom stereocenters. The van der Waals surface area contributed by atoms with Crippen molar-refractivity contribution < 1.29 is 9.72 Å². The Kier molecular flexibility index (Phi) is 4.09. The maximum atomic E-state index is 12.2. The molecule has 0 N–H and O–H groups in total. The van der Waals surface area contributed by atoms with Crippen molar-refractivity contribution in [2.75, 3.05) is 7.05 Å². The van der Waals surface area contributed by atoms with Crippen molar-refractivity contribution in [1.82, 2.24) is 9.88 Å². The number of aromatic nitrogens is 1. The summed E-state index contributed by atoms with van der Waals surface area (Å²) < 4.78 is 0. The number of carbonyl (C=O) groups is 1. The molecule has 2 heterocycles. The molecule has 20 heavy (non-hydrogen) atoms. The van der Waals surface area contributed by atoms with Gasteiger partial charge in [-0.15, -0.1) is 11.3 Å². The summed E-state index contributed by atoms with van der Waals surface area (Å²) in [5.74, 6) is -0.227. The Morgan fingerprint density at radius 3 is 2.85 bits per heavy atom. The lowest BCUT2D eigenvalue weighted by Gasteiger charge is -2.15. The molecular weight excluding hydrogens is 278 g/mol. The molecule has 0 spiro atoms. The summed E-state index contributed by atoms with van der Waals surface area (Å²) in [6.07, 6.45) is 3.35. The zero-order chi connectivity index (χ0) is 14.7. The molecule has 0 bridgehead atoms. The van der Waals surface area contributed by atoms with Gasteiger partial charge in [0.2, 0.25) is 0 Å². The van der Waals surface area contributed by atoms with E-state index in [9.17, 15) is 14.9 Å². The van der Waals surface area contributed by atoms with Gasteiger partial charge < -0.3 is 4.90 Å². The highest BCUT2D eigenvalue weighted by Crippen LogP contribution is 2.28. The first-order chi connectivity index (χ1) is 9.49. The number of rotatable bonds is 4. The van der Waals surface area contributed by atoms with Gasteiger partial charge in [0.1, 0.15) is 0 Å². The SMILES string of the molecule is Cc1sc(C(=O)N(C)Cc2cccnc2)cc1[N+](=O)[O-]. The average Bonchev–Trinajstić information content (AvgIpc) is 2.81. The maximum absolute atomic E-state index is 12.2. The van der Waals surface area contributed by atoms with Crippen LogP contribution in [0.2, 0.25) is 0 Å². The molecule has 0 aliphatic rings. The van der Waals surface area contributed by atoms with Crippen molar-refractivity contribution in [3.63, 3.8) is 0 Å². The Balaban J connectivity index is 2.15. The highest BCUT2D eigenvalue weighted by molar-refractivity contribution is 7.14. The van der Waals surface area contributed by atoms with E-state index in [0.29, 0.717) is 16.3 Å². The van der Waals surface area contributed by atoms with Crippen LogP contribution in [-0.2, 0) is 6.54 Å². The van der Waals surface area contributed by atoms with Gasteiger partial charge >= 0.3 is 0 Å². The highest BCUT2D eigenvalue weighted by Gasteiger charge is 2.21. The standard InChI is InChI=1S/C13H13N3O3S/c1-9-11(16(18)19)6-12(20-9)13(17)15(2)8-10-4-3-5-14-7-10/h3-7H,8H2,1-2H3. The Morgan fingerprint density at radius 2 is 2.30 bits per heavy atom. The summed E-state index contributed by atoms with van der Waals surface area (Å²) in [5, 5.41) is 10.8. The van der Waals surface area contributed by atoms with Crippen molar-refractivity contribution in [2.24, 2.45) is 0 Å². The number of nitrogens with zero attached hydrogens (tertiary/aromatic N) is 3. The first kappa shape index (κ1) is 14.1. The van der Waals surface area contributed by atoms with Crippen molar-refractivity contribution in [1.29, 1.82) is 0 Å². The van der Waals surface area contributed by atoms with E-state index in [1.165, 1.54) is 11.0 Å². The second kappa shape index (κ2) is 5.79. The number of aryl methyl sites for hydroxylation is 1. The molecule has 0 saturated carbocycles. The number of carbonyl (C=O) groups excluding carboxylic acids is 1. The third-order valence-corrected chi connectivity index (χ3v) is 3.82. The molecule has 0 aliphatic heterocycles. The van der Waals surface area contributed by atoms with E-state index >= 15 is 0 Å². The molecule has 1 amide bonds. The minimum atomic E-state index is -0.469. The van der Waals surface area contributed by atoms with Crippen LogP contribution in [0.15, 0.2) is 30.6 Å². The molecular formula is C13H13N3O3S. The van der Waals surface area contributed by atoms with Crippen LogP contribution >= 0.6 is 11.3 Å². The minimum absolute atomic E-state index is 0.00636. The van der Waals surface area contributed by atoms with E-state index in [-0.39, 0.29) is 11.6 Å². The van der Waals surface area contributed by atoms with Crippen molar-refractivity contribution in [3.05, 3.63) is 56.0 Å². The predicted molar refractivity (Wildman–Crippen MR) is 75.7 cm³/mol. The van der Waals surface area contributed by atoms with Gasteiger partial charge in [-0.2, -0.15) is 0 Å². The first-order valence-electron chi connectivity index (χ1n) is 5.88. The summed E-state index contributed by atoms with van der Waals surface area (Å²) in [7, 11) is 1.66. The van der Waals surface area contributed by atoms with Crippen LogP contribution in [0.25, 0.3) is 0 Å². The number of pyridine rings is 1. The van der Waals surface area contributed by atoms with E-state index in [2.05, 4.69) is 4.98 Å². The fourth-order valence-corrected chi connectivity index (χ4v) is 2.77. The van der Waals surface area contributed by atoms with E-state index < -0.39 is 4.92 Å². The summed E-state index contributed by atoms with van der Waals surface area (Å²) in [4.78, 5) is 29.0. The third-order valence-electron chi connectivity index (χ3n) is 2.79. The topological polar surface area (TPSA) is 76.3 Å². The van der Waals surface area contributed by atoms with Gasteiger partial charge in [-0.1, -0.05) is 6.07 Å². The van der Waals surface area contributed by atoms with Gasteiger partial charge in [0, 0.05) is 32.1 Å². The van der Waals surface area contributed by atoms with E-state index in [1.54, 1.807) is 32.4 Å². The van der Waals surface area contributed by atoms with Crippen LogP contribution in [0.1, 0.15) is 20.1 Å². The molecule has 2 aromatic rings. The molecule has 7 heteroatoms. The smallest absolute Gasteiger partial charge is 0.283 e. The summed E-state index contributed by atoms with van der Waals surface area (Å²) >= 11 is 1.14. The summed E-state index contributed by atoms with van der Waals surface area (Å²) in [6, 6.07) is 5.01. The highest BCUT2D eigenvalue weighted by atomic mass is 32.1. The van der Waals surface area contributed by atoms with E-state index in [0.717, 1.165) is 16.9 Å². The summed E-state index contributed by atoms with van der Waals surface area (Å²) in [6.45, 7) is 2.05. The van der Waals surface area contributed by atoms with Gasteiger partial charge in [0.05, 0.1) is 14.7 Å². The second-order valence-electron chi connectivity index (χ2n) is 4.33. The zero-order valence-electron chi connectivity index (χ0n) is 11.1. The van der Waals surface area contributed by atoms with Gasteiger partial charge in [0.25, 0.3) is 11.6 Å². The Bertz CT molecular complexity index is 640. The van der Waals surface area contributed by atoms with E-state index in [1.807, 2.05) is 6.07 Å². The third kappa shape index (κ3) is 3.00. The number of amides is 1. The molecule has 0 unspecified atom stereocenters. The van der Waals surface area contributed by atoms with Gasteiger partial charge in [-0.25, -0.2) is 0 Å². The van der Waals surface area contributed by atoms with Crippen LogP contribution in [0.4, 0.5) is 5.69 Å². The van der Waals surface area contributed by atoms with Crippen LogP contribution in [0.3, 0.4) is 0 Å². The Labute approximate surface area is 119 Å². The van der Waals surface area contributed by atoms with Gasteiger partial charge in [0.15, 0.2) is 0 Å². The van der Waals surface area contributed by atoms with Crippen LogP contribution in [0, 0.1) is 17.0 Å². The predicted octanol–water partition coefficient (Wildman–Crippen LogP) is 2.63. The molecule has 0 saturated heterocycles. The largest absolute Gasteiger partial charge is 0.337 e. The monoisotopic (exact) mass is 291 g/mol. The molecule has 104 valence electrons. The zero-order valence-corrected chi connectivity index (χ0v) is 11.9. The van der Waals surface area contributed by atoms with Crippen molar-refractivity contribution in [3.8, 4) is 0 Å². The number of nitro groups is 1. The second-order valence-corrected chi connectivity index (χ2v) is 5.59. The lowest BCUT2D eigenvalue weighted by molar-refractivity contribution is -0.385. The molecule has 0 aliphatic carbocycles. The first-order valence-corrected chi connectivity index (χ1v) is 6.70. The molecule has 6 nitrogen and oxygen atoms in total. The lowest BCUT2D eigenvalue weighted by Crippen LogP contribution is -2.25. The normalized spacial score (nSPS) is 10.3. The van der Waals surface area contributed by atoms with Crippen molar-refractivity contribution >= 4 is 22.9 Å². The quantitative estimate of drug-likeness (QED) is 0.641. The van der Waals surface area contributed by atoms with Crippen molar-refractivity contribution in [2.45, 2.75) is 13.5 Å². The maximum Gasteiger partial charge on any atom is 0.283 e. The fourth-order valence-electron chi connectivity index (χ4n) is 1.78. The average molecular weight is 291 g/mol. The molecule has 0 fully saturated rings.